The molecule has 0 saturated carbocycles. The van der Waals surface area contributed by atoms with Gasteiger partial charge in [-0.05, 0) is 79.6 Å². The first-order chi connectivity index (χ1) is 25.4. The molecule has 9 heteroatoms. The van der Waals surface area contributed by atoms with Gasteiger partial charge >= 0.3 is 5.97 Å². The van der Waals surface area contributed by atoms with Crippen LogP contribution < -0.4 is 14.2 Å². The number of phenols is 2. The van der Waals surface area contributed by atoms with Gasteiger partial charge in [0.1, 0.15) is 34.6 Å². The largest absolute Gasteiger partial charge is 0.507 e. The van der Waals surface area contributed by atoms with Crippen LogP contribution in [0.15, 0.2) is 88.8 Å². The van der Waals surface area contributed by atoms with E-state index in [0.717, 1.165) is 31.7 Å². The van der Waals surface area contributed by atoms with Crippen molar-refractivity contribution in [3.8, 4) is 28.7 Å². The first kappa shape index (κ1) is 39.6. The molecule has 52 heavy (non-hydrogen) atoms. The van der Waals surface area contributed by atoms with Gasteiger partial charge in [-0.2, -0.15) is 0 Å². The Morgan fingerprint density at radius 1 is 0.596 bits per heavy atom. The van der Waals surface area contributed by atoms with Crippen molar-refractivity contribution in [1.29, 1.82) is 0 Å². The summed E-state index contributed by atoms with van der Waals surface area (Å²) in [6, 6.07) is 20.4. The van der Waals surface area contributed by atoms with Gasteiger partial charge in [-0.15, -0.1) is 0 Å². The molecule has 0 radical (unpaired) electrons. The second-order valence-electron chi connectivity index (χ2n) is 12.7. The average Bonchev–Trinajstić information content (AvgIpc) is 3.14. The molecule has 276 valence electrons. The van der Waals surface area contributed by atoms with E-state index in [9.17, 15) is 19.4 Å². The summed E-state index contributed by atoms with van der Waals surface area (Å²) < 4.78 is 31.6. The summed E-state index contributed by atoms with van der Waals surface area (Å²) in [6.45, 7) is 5.59. The second-order valence-corrected chi connectivity index (χ2v) is 12.7. The van der Waals surface area contributed by atoms with Crippen molar-refractivity contribution in [2.45, 2.75) is 90.9 Å². The summed E-state index contributed by atoms with van der Waals surface area (Å²) in [4.78, 5) is 21.6. The van der Waals surface area contributed by atoms with E-state index < -0.39 is 11.8 Å². The molecule has 0 amide bonds. The third-order valence-corrected chi connectivity index (χ3v) is 8.46. The molecular weight excluding hydrogens is 659 g/mol. The second kappa shape index (κ2) is 21.9. The monoisotopic (exact) mass is 710 g/mol. The molecule has 2 N–H and O–H groups in total. The number of rotatable bonds is 22. The average molecular weight is 711 g/mol. The lowest BCUT2D eigenvalue weighted by Gasteiger charge is -2.08. The quantitative estimate of drug-likeness (QED) is 0.0364. The maximum Gasteiger partial charge on any atom is 0.346 e. The Morgan fingerprint density at radius 2 is 1.06 bits per heavy atom. The fourth-order valence-corrected chi connectivity index (χ4v) is 5.39. The lowest BCUT2D eigenvalue weighted by Crippen LogP contribution is -2.10. The van der Waals surface area contributed by atoms with E-state index in [1.807, 2.05) is 0 Å². The Bertz CT molecular complexity index is 1760. The number of benzene rings is 4. The molecule has 0 heterocycles. The number of phenolic OH excluding ortho intramolecular Hbond substituents is 2. The van der Waals surface area contributed by atoms with Crippen LogP contribution in [0.1, 0.15) is 112 Å². The number of carbonyl (C=O) groups excluding carboxylic acids is 1. The summed E-state index contributed by atoms with van der Waals surface area (Å²) in [5.41, 5.74) is 1.56. The lowest BCUT2D eigenvalue weighted by atomic mass is 10.1. The first-order valence-electron chi connectivity index (χ1n) is 18.5. The molecular formula is C43H51FN2O6. The smallest absolute Gasteiger partial charge is 0.346 e. The van der Waals surface area contributed by atoms with Crippen molar-refractivity contribution in [1.82, 2.24) is 0 Å². The van der Waals surface area contributed by atoms with Gasteiger partial charge in [-0.1, -0.05) is 78.1 Å². The predicted octanol–water partition coefficient (Wildman–Crippen LogP) is 11.4. The van der Waals surface area contributed by atoms with Crippen molar-refractivity contribution in [3.63, 3.8) is 0 Å². The van der Waals surface area contributed by atoms with Gasteiger partial charge in [0.15, 0.2) is 0 Å². The van der Waals surface area contributed by atoms with E-state index in [2.05, 4.69) is 23.8 Å². The van der Waals surface area contributed by atoms with Gasteiger partial charge in [0.05, 0.1) is 30.2 Å². The zero-order valence-electron chi connectivity index (χ0n) is 30.4. The van der Waals surface area contributed by atoms with Crippen LogP contribution in [0, 0.1) is 5.82 Å². The fraction of sp³-hybridized carbons (Fsp3) is 0.372. The standard InChI is InChI=1S/C43H51FN2O6/c1-3-5-7-9-11-13-25-50-37-20-15-32(41(47)28-37)30-45-34-17-22-36(23-18-34)52-43(49)39-27-35(19-24-40(39)44)46-31-33-16-21-38(29-42(33)48)51-26-14-12-10-8-6-4-2/h15-24,27-31,47-48H,3-14,25-26H2,1-2H3. The topological polar surface area (TPSA) is 110 Å². The molecule has 4 aromatic carbocycles. The van der Waals surface area contributed by atoms with Crippen LogP contribution in [0.4, 0.5) is 15.8 Å². The van der Waals surface area contributed by atoms with Crippen LogP contribution in [0.25, 0.3) is 0 Å². The summed E-state index contributed by atoms with van der Waals surface area (Å²) in [6.07, 6.45) is 17.0. The van der Waals surface area contributed by atoms with Crippen LogP contribution in [-0.2, 0) is 0 Å². The molecule has 0 aliphatic heterocycles. The lowest BCUT2D eigenvalue weighted by molar-refractivity contribution is 0.0730. The van der Waals surface area contributed by atoms with Crippen LogP contribution in [0.5, 0.6) is 28.7 Å². The predicted molar refractivity (Wildman–Crippen MR) is 206 cm³/mol. The molecule has 0 aliphatic rings. The summed E-state index contributed by atoms with van der Waals surface area (Å²) in [5.74, 6) is -0.197. The molecule has 4 rings (SSSR count). The number of carbonyl (C=O) groups is 1. The van der Waals surface area contributed by atoms with E-state index in [1.165, 1.54) is 82.0 Å². The van der Waals surface area contributed by atoms with E-state index >= 15 is 0 Å². The Morgan fingerprint density at radius 3 is 1.58 bits per heavy atom. The Hall–Kier alpha value is -5.18. The molecule has 0 bridgehead atoms. The number of aromatic hydroxyl groups is 2. The van der Waals surface area contributed by atoms with E-state index in [0.29, 0.717) is 47.2 Å². The van der Waals surface area contributed by atoms with Crippen LogP contribution in [0.3, 0.4) is 0 Å². The van der Waals surface area contributed by atoms with Crippen molar-refractivity contribution >= 4 is 29.8 Å². The van der Waals surface area contributed by atoms with E-state index in [-0.39, 0.29) is 22.8 Å². The minimum atomic E-state index is -0.885. The van der Waals surface area contributed by atoms with E-state index in [1.54, 1.807) is 54.6 Å². The number of hydrogen-bond donors (Lipinski definition) is 2. The maximum atomic E-state index is 14.7. The van der Waals surface area contributed by atoms with Crippen molar-refractivity contribution in [3.05, 3.63) is 101 Å². The Balaban J connectivity index is 1.27. The van der Waals surface area contributed by atoms with E-state index in [4.69, 9.17) is 14.2 Å². The molecule has 0 aromatic heterocycles. The van der Waals surface area contributed by atoms with Gasteiger partial charge in [0, 0.05) is 35.7 Å². The number of hydrogen-bond acceptors (Lipinski definition) is 8. The third-order valence-electron chi connectivity index (χ3n) is 8.46. The molecule has 0 saturated heterocycles. The van der Waals surface area contributed by atoms with Crippen LogP contribution >= 0.6 is 0 Å². The maximum absolute atomic E-state index is 14.7. The number of halogens is 1. The third kappa shape index (κ3) is 13.5. The minimum Gasteiger partial charge on any atom is -0.507 e. The molecule has 0 aliphatic carbocycles. The van der Waals surface area contributed by atoms with Crippen molar-refractivity contribution in [2.75, 3.05) is 13.2 Å². The minimum absolute atomic E-state index is 0.00267. The van der Waals surface area contributed by atoms with Gasteiger partial charge in [-0.3, -0.25) is 9.98 Å². The van der Waals surface area contributed by atoms with Gasteiger partial charge in [0.2, 0.25) is 0 Å². The fourth-order valence-electron chi connectivity index (χ4n) is 5.39. The number of nitrogens with zero attached hydrogens (tertiary/aromatic N) is 2. The van der Waals surface area contributed by atoms with Gasteiger partial charge in [-0.25, -0.2) is 9.18 Å². The van der Waals surface area contributed by atoms with Crippen LogP contribution in [-0.4, -0.2) is 41.8 Å². The Kier molecular flexibility index (Phi) is 16.7. The number of esters is 1. The number of aliphatic imine (C=N–C) groups is 2. The Labute approximate surface area is 307 Å². The highest BCUT2D eigenvalue weighted by Gasteiger charge is 2.15. The van der Waals surface area contributed by atoms with Crippen molar-refractivity contribution in [2.24, 2.45) is 9.98 Å². The number of ether oxygens (including phenoxy) is 3. The van der Waals surface area contributed by atoms with Crippen molar-refractivity contribution < 1.29 is 33.6 Å². The molecule has 0 spiro atoms. The molecule has 0 fully saturated rings. The highest BCUT2D eigenvalue weighted by atomic mass is 19.1. The number of unbranched alkanes of at least 4 members (excludes halogenated alkanes) is 10. The van der Waals surface area contributed by atoms with Crippen LogP contribution in [0.2, 0.25) is 0 Å². The summed E-state index contributed by atoms with van der Waals surface area (Å²) in [7, 11) is 0. The zero-order valence-corrected chi connectivity index (χ0v) is 30.4. The molecule has 0 atom stereocenters. The van der Waals surface area contributed by atoms with Gasteiger partial charge in [0.25, 0.3) is 0 Å². The summed E-state index contributed by atoms with van der Waals surface area (Å²) >= 11 is 0. The summed E-state index contributed by atoms with van der Waals surface area (Å²) in [5, 5.41) is 20.9. The SMILES string of the molecule is CCCCCCCCOc1ccc(C=Nc2ccc(OC(=O)c3cc(N=Cc4ccc(OCCCCCCCC)cc4O)ccc3F)cc2)c(O)c1. The molecule has 4 aromatic rings. The highest BCUT2D eigenvalue weighted by molar-refractivity contribution is 5.93. The normalized spacial score (nSPS) is 11.4. The molecule has 8 nitrogen and oxygen atoms in total. The van der Waals surface area contributed by atoms with Gasteiger partial charge < -0.3 is 24.4 Å². The zero-order chi connectivity index (χ0) is 37.0. The highest BCUT2D eigenvalue weighted by Crippen LogP contribution is 2.27. The molecule has 0 unspecified atom stereocenters. The first-order valence-corrected chi connectivity index (χ1v) is 18.5.